The van der Waals surface area contributed by atoms with Crippen LogP contribution in [0.4, 0.5) is 4.39 Å². The van der Waals surface area contributed by atoms with E-state index in [2.05, 4.69) is 31.2 Å². The lowest BCUT2D eigenvalue weighted by molar-refractivity contribution is 0.355. The average molecular weight is 320 g/mol. The van der Waals surface area contributed by atoms with Crippen molar-refractivity contribution in [2.24, 2.45) is 0 Å². The molecular formula is C21H33FO. The number of benzene rings is 1. The third-order valence-electron chi connectivity index (χ3n) is 4.87. The molecule has 0 bridgehead atoms. The van der Waals surface area contributed by atoms with Crippen LogP contribution in [0.15, 0.2) is 24.3 Å². The van der Waals surface area contributed by atoms with Gasteiger partial charge in [-0.2, -0.15) is 0 Å². The molecule has 0 spiro atoms. The Balaban J connectivity index is 1.69. The number of aryl methyl sites for hydroxylation is 1. The molecule has 1 aromatic rings. The van der Waals surface area contributed by atoms with Crippen LogP contribution in [-0.4, -0.2) is 12.8 Å². The normalized spacial score (nSPS) is 19.9. The second-order valence-corrected chi connectivity index (χ2v) is 6.85. The zero-order valence-electron chi connectivity index (χ0n) is 14.7. The van der Waals surface area contributed by atoms with E-state index in [9.17, 15) is 4.39 Å². The van der Waals surface area contributed by atoms with E-state index in [4.69, 9.17) is 4.74 Å². The fraction of sp³-hybridized carbons (Fsp3) is 0.714. The Morgan fingerprint density at radius 2 is 1.65 bits per heavy atom. The monoisotopic (exact) mass is 320 g/mol. The molecule has 2 unspecified atom stereocenters. The minimum Gasteiger partial charge on any atom is -0.364 e. The number of halogens is 1. The second-order valence-electron chi connectivity index (χ2n) is 6.85. The summed E-state index contributed by atoms with van der Waals surface area (Å²) in [4.78, 5) is 0. The molecule has 1 heterocycles. The van der Waals surface area contributed by atoms with E-state index in [1.54, 1.807) is 0 Å². The van der Waals surface area contributed by atoms with Gasteiger partial charge in [0.1, 0.15) is 6.10 Å². The number of hydrogen-bond donors (Lipinski definition) is 0. The van der Waals surface area contributed by atoms with Crippen LogP contribution in [0.1, 0.15) is 88.4 Å². The number of alkyl halides is 1. The fourth-order valence-corrected chi connectivity index (χ4v) is 3.39. The van der Waals surface area contributed by atoms with Gasteiger partial charge in [0.05, 0.1) is 12.8 Å². The number of rotatable bonds is 13. The van der Waals surface area contributed by atoms with Crippen molar-refractivity contribution in [3.63, 3.8) is 0 Å². The first-order valence-electron chi connectivity index (χ1n) is 9.66. The number of epoxide rings is 1. The van der Waals surface area contributed by atoms with Crippen molar-refractivity contribution in [2.45, 2.75) is 89.8 Å². The van der Waals surface area contributed by atoms with Crippen molar-refractivity contribution in [3.8, 4) is 0 Å². The Hall–Kier alpha value is -0.890. The SMILES string of the molecule is CCCCCCCCCc1ccccc1C1OC1CCCCF. The lowest BCUT2D eigenvalue weighted by Gasteiger charge is -2.07. The molecule has 2 rings (SSSR count). The molecule has 1 aliphatic rings. The summed E-state index contributed by atoms with van der Waals surface area (Å²) in [6.45, 7) is 2.06. The van der Waals surface area contributed by atoms with Gasteiger partial charge in [-0.05, 0) is 43.2 Å². The maximum absolute atomic E-state index is 12.2. The molecule has 130 valence electrons. The minimum absolute atomic E-state index is 0.202. The van der Waals surface area contributed by atoms with Crippen molar-refractivity contribution < 1.29 is 9.13 Å². The molecule has 0 amide bonds. The molecule has 0 aromatic heterocycles. The Labute approximate surface area is 141 Å². The molecule has 1 nitrogen and oxygen atoms in total. The summed E-state index contributed by atoms with van der Waals surface area (Å²) in [5.41, 5.74) is 2.84. The average Bonchev–Trinajstić information content (AvgIpc) is 3.34. The number of ether oxygens (including phenoxy) is 1. The van der Waals surface area contributed by atoms with E-state index in [0.29, 0.717) is 12.5 Å². The maximum atomic E-state index is 12.2. The Morgan fingerprint density at radius 3 is 2.43 bits per heavy atom. The molecule has 1 aliphatic heterocycles. The van der Waals surface area contributed by atoms with E-state index < -0.39 is 0 Å². The van der Waals surface area contributed by atoms with E-state index in [0.717, 1.165) is 12.8 Å². The van der Waals surface area contributed by atoms with Crippen LogP contribution in [0.3, 0.4) is 0 Å². The van der Waals surface area contributed by atoms with Crippen molar-refractivity contribution >= 4 is 0 Å². The zero-order valence-corrected chi connectivity index (χ0v) is 14.7. The van der Waals surface area contributed by atoms with Gasteiger partial charge in [0.15, 0.2) is 0 Å². The van der Waals surface area contributed by atoms with Crippen LogP contribution < -0.4 is 0 Å². The van der Waals surface area contributed by atoms with E-state index in [1.807, 2.05) is 0 Å². The largest absolute Gasteiger partial charge is 0.364 e. The molecule has 2 atom stereocenters. The quantitative estimate of drug-likeness (QED) is 0.296. The highest BCUT2D eigenvalue weighted by atomic mass is 19.1. The Kier molecular flexibility index (Phi) is 8.67. The predicted octanol–water partition coefficient (Wildman–Crippen LogP) is 6.56. The van der Waals surface area contributed by atoms with Gasteiger partial charge in [-0.15, -0.1) is 0 Å². The minimum atomic E-state index is -0.202. The summed E-state index contributed by atoms with van der Waals surface area (Å²) >= 11 is 0. The number of unbranched alkanes of at least 4 members (excludes halogenated alkanes) is 7. The first-order chi connectivity index (χ1) is 11.4. The number of hydrogen-bond acceptors (Lipinski definition) is 1. The van der Waals surface area contributed by atoms with Gasteiger partial charge in [0.2, 0.25) is 0 Å². The second kappa shape index (κ2) is 10.8. The maximum Gasteiger partial charge on any atom is 0.109 e. The molecule has 1 aromatic carbocycles. The first kappa shape index (κ1) is 18.4. The van der Waals surface area contributed by atoms with E-state index >= 15 is 0 Å². The zero-order chi connectivity index (χ0) is 16.3. The lowest BCUT2D eigenvalue weighted by Crippen LogP contribution is -1.96. The summed E-state index contributed by atoms with van der Waals surface area (Å²) < 4.78 is 18.0. The summed E-state index contributed by atoms with van der Waals surface area (Å²) in [5.74, 6) is 0. The van der Waals surface area contributed by atoms with Crippen molar-refractivity contribution in [2.75, 3.05) is 6.67 Å². The summed E-state index contributed by atoms with van der Waals surface area (Å²) in [5, 5.41) is 0. The molecule has 0 saturated carbocycles. The molecule has 0 aliphatic carbocycles. The molecule has 1 fully saturated rings. The summed E-state index contributed by atoms with van der Waals surface area (Å²) in [6.07, 6.45) is 13.9. The van der Waals surface area contributed by atoms with Crippen molar-refractivity contribution in [3.05, 3.63) is 35.4 Å². The van der Waals surface area contributed by atoms with Crippen molar-refractivity contribution in [1.29, 1.82) is 0 Å². The highest BCUT2D eigenvalue weighted by Gasteiger charge is 2.40. The third kappa shape index (κ3) is 6.63. The molecular weight excluding hydrogens is 287 g/mol. The fourth-order valence-electron chi connectivity index (χ4n) is 3.39. The smallest absolute Gasteiger partial charge is 0.109 e. The van der Waals surface area contributed by atoms with Gasteiger partial charge < -0.3 is 4.74 Å². The van der Waals surface area contributed by atoms with E-state index in [-0.39, 0.29) is 12.8 Å². The first-order valence-corrected chi connectivity index (χ1v) is 9.66. The van der Waals surface area contributed by atoms with Crippen molar-refractivity contribution in [1.82, 2.24) is 0 Å². The molecule has 0 N–H and O–H groups in total. The lowest BCUT2D eigenvalue weighted by atomic mass is 9.96. The van der Waals surface area contributed by atoms with Gasteiger partial charge >= 0.3 is 0 Å². The molecule has 1 saturated heterocycles. The predicted molar refractivity (Wildman–Crippen MR) is 95.6 cm³/mol. The topological polar surface area (TPSA) is 12.5 Å². The van der Waals surface area contributed by atoms with Gasteiger partial charge in [0.25, 0.3) is 0 Å². The van der Waals surface area contributed by atoms with Crippen LogP contribution in [0.25, 0.3) is 0 Å². The summed E-state index contributed by atoms with van der Waals surface area (Å²) in [6, 6.07) is 8.73. The molecule has 2 heteroatoms. The highest BCUT2D eigenvalue weighted by Crippen LogP contribution is 2.43. The van der Waals surface area contributed by atoms with Gasteiger partial charge in [0, 0.05) is 0 Å². The van der Waals surface area contributed by atoms with Crippen LogP contribution in [0.2, 0.25) is 0 Å². The van der Waals surface area contributed by atoms with Gasteiger partial charge in [-0.1, -0.05) is 69.7 Å². The highest BCUT2D eigenvalue weighted by molar-refractivity contribution is 5.32. The van der Waals surface area contributed by atoms with Gasteiger partial charge in [-0.3, -0.25) is 4.39 Å². The van der Waals surface area contributed by atoms with Crippen LogP contribution in [0, 0.1) is 0 Å². The van der Waals surface area contributed by atoms with Crippen LogP contribution >= 0.6 is 0 Å². The van der Waals surface area contributed by atoms with Crippen LogP contribution in [0.5, 0.6) is 0 Å². The Morgan fingerprint density at radius 1 is 0.913 bits per heavy atom. The third-order valence-corrected chi connectivity index (χ3v) is 4.87. The van der Waals surface area contributed by atoms with E-state index in [1.165, 1.54) is 62.5 Å². The van der Waals surface area contributed by atoms with Crippen LogP contribution in [-0.2, 0) is 11.2 Å². The van der Waals surface area contributed by atoms with Gasteiger partial charge in [-0.25, -0.2) is 0 Å². The summed E-state index contributed by atoms with van der Waals surface area (Å²) in [7, 11) is 0. The molecule has 23 heavy (non-hydrogen) atoms. The standard InChI is InChI=1S/C21H33FO/c1-2-3-4-5-6-7-8-13-18-14-9-10-15-19(18)21-20(23-21)16-11-12-17-22/h9-10,14-15,20-21H,2-8,11-13,16-17H2,1H3. The Bertz CT molecular complexity index is 432. The molecule has 0 radical (unpaired) electrons.